The molecular weight excluding hydrogens is 506 g/mol. The van der Waals surface area contributed by atoms with Gasteiger partial charge in [0.25, 0.3) is 5.91 Å². The smallest absolute Gasteiger partial charge is 0.255 e. The van der Waals surface area contributed by atoms with Crippen molar-refractivity contribution in [3.63, 3.8) is 0 Å². The Morgan fingerprint density at radius 1 is 1.10 bits per heavy atom. The number of benzene rings is 2. The quantitative estimate of drug-likeness (QED) is 0.459. The second kappa shape index (κ2) is 11.3. The molecule has 0 unspecified atom stereocenters. The third kappa shape index (κ3) is 6.02. The summed E-state index contributed by atoms with van der Waals surface area (Å²) in [5, 5.41) is 12.0. The van der Waals surface area contributed by atoms with Crippen molar-refractivity contribution >= 4 is 34.3 Å². The molecule has 8 heteroatoms. The molecule has 0 bridgehead atoms. The average molecular weight is 548 g/mol. The van der Waals surface area contributed by atoms with E-state index in [1.165, 1.54) is 25.8 Å². The molecule has 1 aromatic heterocycles. The van der Waals surface area contributed by atoms with Gasteiger partial charge in [-0.2, -0.15) is 11.8 Å². The standard InChI is InChI=1S/C23H24N4O2S.C8H17N/c1-14-4-3-5-16-10-17(28)11-18(21(14)16)23(29)27-12-19-20(13-27)24-15(2)25-22(19)26-6-8-30-9-7-26;1-4-8(5-6-8)7-9(2)3/h3-5,10-11,28H,6-9,12-13H2,1-2H3;4-7H2,1-3H3. The van der Waals surface area contributed by atoms with Crippen LogP contribution in [0.4, 0.5) is 5.82 Å². The van der Waals surface area contributed by atoms with E-state index in [1.54, 1.807) is 12.1 Å². The molecule has 0 atom stereocenters. The van der Waals surface area contributed by atoms with Crippen molar-refractivity contribution < 1.29 is 9.90 Å². The number of phenols is 1. The topological polar surface area (TPSA) is 72.8 Å². The largest absolute Gasteiger partial charge is 0.508 e. The Hall–Kier alpha value is -2.84. The van der Waals surface area contributed by atoms with E-state index >= 15 is 0 Å². The molecule has 2 aliphatic heterocycles. The number of carbonyl (C=O) groups excluding carboxylic acids is 1. The van der Waals surface area contributed by atoms with Gasteiger partial charge in [0.1, 0.15) is 17.4 Å². The zero-order valence-electron chi connectivity index (χ0n) is 24.0. The van der Waals surface area contributed by atoms with E-state index in [2.05, 4.69) is 35.8 Å². The van der Waals surface area contributed by atoms with Crippen LogP contribution >= 0.6 is 11.8 Å². The molecule has 1 saturated heterocycles. The molecule has 3 aliphatic rings. The fraction of sp³-hybridized carbons (Fsp3) is 0.516. The second-order valence-corrected chi connectivity index (χ2v) is 12.8. The lowest BCUT2D eigenvalue weighted by atomic mass is 9.98. The Balaban J connectivity index is 0.000000292. The SMILES string of the molecule is CCC1(CN(C)C)CC1.Cc1nc2c(c(N3CCSCC3)n1)CN(C(=O)c1cc(O)cc3cccc(C)c13)C2. The summed E-state index contributed by atoms with van der Waals surface area (Å²) < 4.78 is 0. The minimum atomic E-state index is -0.0824. The van der Waals surface area contributed by atoms with E-state index in [1.807, 2.05) is 48.7 Å². The van der Waals surface area contributed by atoms with Crippen LogP contribution in [0.15, 0.2) is 30.3 Å². The first-order chi connectivity index (χ1) is 18.7. The van der Waals surface area contributed by atoms with Gasteiger partial charge in [0, 0.05) is 36.7 Å². The maximum absolute atomic E-state index is 13.6. The molecule has 1 N–H and O–H groups in total. The summed E-state index contributed by atoms with van der Waals surface area (Å²) >= 11 is 1.96. The highest BCUT2D eigenvalue weighted by atomic mass is 32.2. The predicted molar refractivity (Wildman–Crippen MR) is 161 cm³/mol. The summed E-state index contributed by atoms with van der Waals surface area (Å²) in [5.41, 5.74) is 4.29. The molecule has 1 saturated carbocycles. The Morgan fingerprint density at radius 3 is 2.49 bits per heavy atom. The lowest BCUT2D eigenvalue weighted by Crippen LogP contribution is -2.34. The molecule has 3 aromatic rings. The highest BCUT2D eigenvalue weighted by Crippen LogP contribution is 2.48. The molecule has 6 rings (SSSR count). The molecule has 0 spiro atoms. The number of aromatic nitrogens is 2. The molecular formula is C31H41N5O2S. The van der Waals surface area contributed by atoms with Crippen LogP contribution in [0.2, 0.25) is 0 Å². The zero-order valence-corrected chi connectivity index (χ0v) is 24.8. The summed E-state index contributed by atoms with van der Waals surface area (Å²) in [6.07, 6.45) is 4.29. The van der Waals surface area contributed by atoms with Crippen molar-refractivity contribution in [1.29, 1.82) is 0 Å². The first-order valence-electron chi connectivity index (χ1n) is 14.0. The molecule has 3 heterocycles. The number of hydrogen-bond acceptors (Lipinski definition) is 7. The van der Waals surface area contributed by atoms with Crippen LogP contribution in [0.3, 0.4) is 0 Å². The van der Waals surface area contributed by atoms with E-state index in [0.29, 0.717) is 18.7 Å². The van der Waals surface area contributed by atoms with E-state index in [9.17, 15) is 9.90 Å². The number of carbonyl (C=O) groups is 1. The van der Waals surface area contributed by atoms with Crippen molar-refractivity contribution in [2.75, 3.05) is 50.1 Å². The molecule has 0 radical (unpaired) electrons. The molecule has 7 nitrogen and oxygen atoms in total. The van der Waals surface area contributed by atoms with Gasteiger partial charge < -0.3 is 19.8 Å². The minimum absolute atomic E-state index is 0.0824. The number of thioether (sulfide) groups is 1. The first kappa shape index (κ1) is 27.7. The molecule has 39 heavy (non-hydrogen) atoms. The van der Waals surface area contributed by atoms with Crippen LogP contribution < -0.4 is 4.90 Å². The second-order valence-electron chi connectivity index (χ2n) is 11.5. The van der Waals surface area contributed by atoms with Gasteiger partial charge in [0.2, 0.25) is 0 Å². The van der Waals surface area contributed by atoms with E-state index < -0.39 is 0 Å². The van der Waals surface area contributed by atoms with Gasteiger partial charge in [0.15, 0.2) is 0 Å². The normalized spacial score (nSPS) is 17.7. The zero-order chi connectivity index (χ0) is 27.7. The number of aryl methyl sites for hydroxylation is 2. The van der Waals surface area contributed by atoms with Gasteiger partial charge in [-0.3, -0.25) is 4.79 Å². The summed E-state index contributed by atoms with van der Waals surface area (Å²) in [4.78, 5) is 29.4. The number of fused-ring (bicyclic) bond motifs is 2. The van der Waals surface area contributed by atoms with Crippen LogP contribution in [-0.2, 0) is 13.1 Å². The molecule has 208 valence electrons. The highest BCUT2D eigenvalue weighted by molar-refractivity contribution is 7.99. The first-order valence-corrected chi connectivity index (χ1v) is 15.2. The van der Waals surface area contributed by atoms with Crippen molar-refractivity contribution in [3.05, 3.63) is 58.5 Å². The van der Waals surface area contributed by atoms with Crippen molar-refractivity contribution in [3.8, 4) is 5.75 Å². The molecule has 2 aromatic carbocycles. The number of rotatable bonds is 5. The van der Waals surface area contributed by atoms with Gasteiger partial charge in [-0.15, -0.1) is 0 Å². The Morgan fingerprint density at radius 2 is 1.85 bits per heavy atom. The monoisotopic (exact) mass is 547 g/mol. The van der Waals surface area contributed by atoms with E-state index in [0.717, 1.165) is 69.2 Å². The van der Waals surface area contributed by atoms with Crippen molar-refractivity contribution in [2.45, 2.75) is 53.1 Å². The maximum Gasteiger partial charge on any atom is 0.255 e. The average Bonchev–Trinajstić information content (AvgIpc) is 3.55. The number of hydrogen-bond donors (Lipinski definition) is 1. The third-order valence-electron chi connectivity index (χ3n) is 8.23. The minimum Gasteiger partial charge on any atom is -0.508 e. The van der Waals surface area contributed by atoms with Gasteiger partial charge in [-0.25, -0.2) is 9.97 Å². The number of nitrogens with zero attached hydrogens (tertiary/aromatic N) is 5. The lowest BCUT2D eigenvalue weighted by molar-refractivity contribution is 0.0752. The van der Waals surface area contributed by atoms with Gasteiger partial charge in [-0.1, -0.05) is 25.1 Å². The van der Waals surface area contributed by atoms with Gasteiger partial charge >= 0.3 is 0 Å². The van der Waals surface area contributed by atoms with Crippen LogP contribution in [-0.4, -0.2) is 76.0 Å². The number of anilines is 1. The summed E-state index contributed by atoms with van der Waals surface area (Å²) in [7, 11) is 4.32. The van der Waals surface area contributed by atoms with E-state index in [4.69, 9.17) is 4.98 Å². The molecule has 1 amide bonds. The van der Waals surface area contributed by atoms with Crippen molar-refractivity contribution in [2.24, 2.45) is 5.41 Å². The van der Waals surface area contributed by atoms with Gasteiger partial charge in [-0.05, 0) is 81.1 Å². The van der Waals surface area contributed by atoms with Crippen molar-refractivity contribution in [1.82, 2.24) is 19.8 Å². The fourth-order valence-corrected chi connectivity index (χ4v) is 6.85. The fourth-order valence-electron chi connectivity index (χ4n) is 5.95. The maximum atomic E-state index is 13.6. The van der Waals surface area contributed by atoms with Crippen LogP contribution in [0.5, 0.6) is 5.75 Å². The van der Waals surface area contributed by atoms with Gasteiger partial charge in [0.05, 0.1) is 24.3 Å². The van der Waals surface area contributed by atoms with E-state index in [-0.39, 0.29) is 11.7 Å². The summed E-state index contributed by atoms with van der Waals surface area (Å²) in [6.45, 7) is 10.4. The number of aromatic hydroxyl groups is 1. The predicted octanol–water partition coefficient (Wildman–Crippen LogP) is 5.40. The number of phenolic OH excluding ortho intramolecular Hbond substituents is 1. The lowest BCUT2D eigenvalue weighted by Gasteiger charge is -2.29. The van der Waals surface area contributed by atoms with Crippen LogP contribution in [0.1, 0.15) is 59.2 Å². The Labute approximate surface area is 236 Å². The summed E-state index contributed by atoms with van der Waals surface area (Å²) in [5.74, 6) is 3.93. The number of amides is 1. The highest BCUT2D eigenvalue weighted by Gasteiger charge is 2.40. The van der Waals surface area contributed by atoms with Crippen LogP contribution in [0.25, 0.3) is 10.8 Å². The summed E-state index contributed by atoms with van der Waals surface area (Å²) in [6, 6.07) is 9.16. The Bertz CT molecular complexity index is 1360. The van der Waals surface area contributed by atoms with Crippen LogP contribution in [0, 0.1) is 19.3 Å². The Kier molecular flexibility index (Phi) is 8.06. The molecule has 1 aliphatic carbocycles. The molecule has 2 fully saturated rings. The third-order valence-corrected chi connectivity index (χ3v) is 9.17.